The van der Waals surface area contributed by atoms with Crippen molar-refractivity contribution in [2.75, 3.05) is 18.2 Å². The molecule has 0 amide bonds. The average molecular weight is 949 g/mol. The van der Waals surface area contributed by atoms with Crippen LogP contribution in [0.4, 0.5) is 0 Å². The van der Waals surface area contributed by atoms with E-state index in [2.05, 4.69) is 135 Å². The Kier molecular flexibility index (Phi) is 27.3. The lowest BCUT2D eigenvalue weighted by molar-refractivity contribution is -0.119. The van der Waals surface area contributed by atoms with Crippen LogP contribution in [0.1, 0.15) is 169 Å². The Balaban J connectivity index is -0.000000708. The van der Waals surface area contributed by atoms with Crippen LogP contribution in [-0.4, -0.2) is 115 Å². The minimum atomic E-state index is -3.79. The molecule has 0 aliphatic heterocycles. The number of carbonyl (C=O) groups excluding carboxylic acids is 3. The van der Waals surface area contributed by atoms with E-state index in [1.165, 1.54) is 24.9 Å². The largest absolute Gasteiger partial charge is 0.326 e. The fraction of sp³-hybridized carbons (Fsp3) is 0.857. The van der Waals surface area contributed by atoms with Crippen LogP contribution in [0.25, 0.3) is 0 Å². The summed E-state index contributed by atoms with van der Waals surface area (Å²) >= 11 is 0. The molecule has 0 radical (unpaired) electrons. The number of nitrogens with one attached hydrogen (secondary N) is 1. The van der Waals surface area contributed by atoms with Crippen LogP contribution < -0.4 is 0 Å². The van der Waals surface area contributed by atoms with Crippen molar-refractivity contribution in [3.63, 3.8) is 0 Å². The van der Waals surface area contributed by atoms with E-state index in [1.54, 1.807) is 32.4 Å². The van der Waals surface area contributed by atoms with E-state index >= 15 is 0 Å². The monoisotopic (exact) mass is 949 g/mol. The van der Waals surface area contributed by atoms with Crippen molar-refractivity contribution in [3.8, 4) is 0 Å². The van der Waals surface area contributed by atoms with Gasteiger partial charge in [-0.2, -0.15) is 10.0 Å². The highest BCUT2D eigenvalue weighted by molar-refractivity contribution is 7.90. The van der Waals surface area contributed by atoms with E-state index < -0.39 is 17.4 Å². The number of nitrogens with zero attached hydrogens (tertiary/aromatic N) is 11. The number of tetrazole rings is 3. The summed E-state index contributed by atoms with van der Waals surface area (Å²) in [6, 6.07) is 0. The summed E-state index contributed by atoms with van der Waals surface area (Å²) in [5.41, 5.74) is 0.301. The predicted molar refractivity (Wildman–Crippen MR) is 251 cm³/mol. The minimum Gasteiger partial charge on any atom is -0.324 e. The summed E-state index contributed by atoms with van der Waals surface area (Å²) in [7, 11) is -6.57. The number of hydrogen-bond donors (Lipinski definition) is 3. The number of ketones is 3. The van der Waals surface area contributed by atoms with Gasteiger partial charge in [0.15, 0.2) is 29.0 Å². The molecule has 3 N–H and O–H groups in total. The quantitative estimate of drug-likeness (QED) is 0.176. The topological polar surface area (TPSA) is 285 Å². The molecule has 22 heteroatoms. The molecule has 0 saturated heterocycles. The zero-order chi connectivity index (χ0) is 51.3. The molecule has 0 aliphatic carbocycles. The van der Waals surface area contributed by atoms with Crippen molar-refractivity contribution in [2.24, 2.45) is 32.5 Å². The molecule has 0 atom stereocenters. The number of hydrogen-bond acceptors (Lipinski definition) is 15. The Labute approximate surface area is 384 Å². The molecule has 0 bridgehead atoms. The highest BCUT2D eigenvalue weighted by Crippen LogP contribution is 2.41. The molecule has 64 heavy (non-hydrogen) atoms. The Hall–Kier alpha value is -3.68. The minimum absolute atomic E-state index is 0.0321. The first-order chi connectivity index (χ1) is 28.2. The van der Waals surface area contributed by atoms with E-state index in [-0.39, 0.29) is 74.8 Å². The molecule has 0 aliphatic rings. The van der Waals surface area contributed by atoms with Gasteiger partial charge in [0, 0.05) is 31.9 Å². The van der Waals surface area contributed by atoms with Crippen LogP contribution in [-0.2, 0) is 61.1 Å². The lowest BCUT2D eigenvalue weighted by atomic mass is 9.91. The van der Waals surface area contributed by atoms with Crippen LogP contribution in [0.15, 0.2) is 0 Å². The van der Waals surface area contributed by atoms with Gasteiger partial charge < -0.3 is 14.6 Å². The lowest BCUT2D eigenvalue weighted by Crippen LogP contribution is -2.19. The molecule has 3 heterocycles. The van der Waals surface area contributed by atoms with E-state index in [0.29, 0.717) is 12.2 Å². The van der Waals surface area contributed by atoms with Gasteiger partial charge in [-0.1, -0.05) is 130 Å². The van der Waals surface area contributed by atoms with Crippen LogP contribution in [0.2, 0.25) is 0 Å². The summed E-state index contributed by atoms with van der Waals surface area (Å²) in [5.74, 6) is 2.88. The Morgan fingerprint density at radius 2 is 1.08 bits per heavy atom. The second kappa shape index (κ2) is 27.1. The number of aromatic amines is 1. The van der Waals surface area contributed by atoms with Crippen molar-refractivity contribution >= 4 is 34.8 Å². The van der Waals surface area contributed by atoms with Crippen LogP contribution in [0.3, 0.4) is 0 Å². The zero-order valence-corrected chi connectivity index (χ0v) is 45.0. The van der Waals surface area contributed by atoms with Crippen molar-refractivity contribution in [1.29, 1.82) is 0 Å². The third-order valence-electron chi connectivity index (χ3n) is 6.45. The second-order valence-corrected chi connectivity index (χ2v) is 27.2. The first-order valence-electron chi connectivity index (χ1n) is 21.1. The SMILES string of the molecule is CC(=O)CC(C)(C)C.CC(=O)Cn1nnc(CC(C)(C)C)n1.CC(=O)Cn1nnnc1CC(C)(C)C.CC(C)(C)CP(=O)(O)O.CC(C)(C)CS(C)(=O)=O.CC(C)(C)Cc1nn[nH]n1. The van der Waals surface area contributed by atoms with Crippen molar-refractivity contribution in [2.45, 2.75) is 184 Å². The molecule has 20 nitrogen and oxygen atoms in total. The van der Waals surface area contributed by atoms with E-state index in [4.69, 9.17) is 9.79 Å². The molecule has 0 fully saturated rings. The van der Waals surface area contributed by atoms with Gasteiger partial charge in [-0.05, 0) is 68.9 Å². The van der Waals surface area contributed by atoms with Gasteiger partial charge in [0.05, 0.1) is 11.9 Å². The molecule has 3 aromatic heterocycles. The van der Waals surface area contributed by atoms with E-state index in [0.717, 1.165) is 30.9 Å². The normalized spacial score (nSPS) is 12.3. The fourth-order valence-electron chi connectivity index (χ4n) is 5.13. The van der Waals surface area contributed by atoms with Gasteiger partial charge in [-0.3, -0.25) is 14.2 Å². The Morgan fingerprint density at radius 3 is 1.36 bits per heavy atom. The maximum atomic E-state index is 10.9. The van der Waals surface area contributed by atoms with Gasteiger partial charge >= 0.3 is 7.60 Å². The van der Waals surface area contributed by atoms with Crippen molar-refractivity contribution in [3.05, 3.63) is 17.5 Å². The number of carbonyl (C=O) groups is 3. The fourth-order valence-corrected chi connectivity index (χ4v) is 7.94. The average Bonchev–Trinajstić information content (AvgIpc) is 3.70. The van der Waals surface area contributed by atoms with Crippen LogP contribution >= 0.6 is 7.60 Å². The Bertz CT molecular complexity index is 1950. The van der Waals surface area contributed by atoms with Crippen LogP contribution in [0, 0.1) is 32.5 Å². The van der Waals surface area contributed by atoms with Gasteiger partial charge in [0.25, 0.3) is 0 Å². The second-order valence-electron chi connectivity index (χ2n) is 23.4. The lowest BCUT2D eigenvalue weighted by Gasteiger charge is -2.17. The molecule has 0 saturated carbocycles. The molecule has 0 spiro atoms. The van der Waals surface area contributed by atoms with Gasteiger partial charge in [-0.15, -0.1) is 25.5 Å². The molecule has 3 aromatic rings. The zero-order valence-electron chi connectivity index (χ0n) is 43.3. The summed E-state index contributed by atoms with van der Waals surface area (Å²) in [5, 5.41) is 36.6. The van der Waals surface area contributed by atoms with Crippen molar-refractivity contribution < 1.29 is 37.2 Å². The number of rotatable bonds is 10. The third-order valence-corrected chi connectivity index (χ3v) is 9.20. The van der Waals surface area contributed by atoms with Crippen LogP contribution in [0.5, 0.6) is 0 Å². The van der Waals surface area contributed by atoms with Gasteiger partial charge in [0.2, 0.25) is 0 Å². The Morgan fingerprint density at radius 1 is 0.609 bits per heavy atom. The standard InChI is InChI=1S/2C9H16N4O.C7H14O.C6H12N4.C6H14O2S.C5H13O3P/c1-7(14)6-13-8(10-11-12-13)5-9(2,3)4;1-7(14)6-13-11-8(10-12-13)5-9(2,3)4;1-6(8)5-7(2,3)4;1-6(2,3)4-5-7-9-10-8-5;1-6(2,3)5-9(4,7)8;1-5(2,3)4-9(6,7)8/h2*5-6H2,1-4H3;5H2,1-4H3;4H2,1-3H3,(H,7,8,9,10);5H2,1-4H3;4H2,1-3H3,(H2,6,7,8). The summed E-state index contributed by atoms with van der Waals surface area (Å²) in [4.78, 5) is 50.4. The highest BCUT2D eigenvalue weighted by atomic mass is 32.2. The highest BCUT2D eigenvalue weighted by Gasteiger charge is 2.23. The van der Waals surface area contributed by atoms with Crippen molar-refractivity contribution in [1.82, 2.24) is 61.0 Å². The maximum Gasteiger partial charge on any atom is 0.326 e. The van der Waals surface area contributed by atoms with Gasteiger partial charge in [-0.25, -0.2) is 13.1 Å². The molecule has 0 aromatic carbocycles. The first-order valence-corrected chi connectivity index (χ1v) is 25.0. The number of aromatic nitrogens is 12. The predicted octanol–water partition coefficient (Wildman–Crippen LogP) is 6.79. The number of H-pyrrole nitrogens is 1. The van der Waals surface area contributed by atoms with Gasteiger partial charge in [0.1, 0.15) is 28.7 Å². The van der Waals surface area contributed by atoms with E-state index in [9.17, 15) is 27.4 Å². The molecule has 0 unspecified atom stereocenters. The summed E-state index contributed by atoms with van der Waals surface area (Å²) in [6.45, 7) is 41.5. The third kappa shape index (κ3) is 49.3. The maximum absolute atomic E-state index is 10.9. The number of Topliss-reactive ketones (excluding diaryl/α,β-unsaturated/α-hetero) is 3. The molecular weight excluding hydrogens is 864 g/mol. The summed E-state index contributed by atoms with van der Waals surface area (Å²) < 4.78 is 33.2. The van der Waals surface area contributed by atoms with E-state index in [1.807, 2.05) is 20.8 Å². The number of sulfone groups is 1. The smallest absolute Gasteiger partial charge is 0.324 e. The molecule has 3 rings (SSSR count). The molecular formula is C42H85N12O8PS. The first kappa shape index (κ1) is 64.6. The molecule has 372 valence electrons. The summed E-state index contributed by atoms with van der Waals surface area (Å²) in [6.07, 6.45) is 4.31.